The number of aromatic nitrogens is 1. The van der Waals surface area contributed by atoms with E-state index in [1.54, 1.807) is 30.3 Å². The number of pyridine rings is 1. The van der Waals surface area contributed by atoms with E-state index < -0.39 is 6.10 Å². The van der Waals surface area contributed by atoms with Gasteiger partial charge >= 0.3 is 0 Å². The van der Waals surface area contributed by atoms with Crippen LogP contribution in [0.2, 0.25) is 10.0 Å². The lowest BCUT2D eigenvalue weighted by atomic mass is 10.1. The molecule has 0 radical (unpaired) electrons. The van der Waals surface area contributed by atoms with Crippen molar-refractivity contribution < 1.29 is 5.11 Å². The normalized spacial score (nSPS) is 11.8. The number of halogens is 2. The highest BCUT2D eigenvalue weighted by Crippen LogP contribution is 2.26. The highest BCUT2D eigenvalue weighted by Gasteiger charge is 2.12. The van der Waals surface area contributed by atoms with E-state index in [-0.39, 0.29) is 6.54 Å². The first-order valence-corrected chi connectivity index (χ1v) is 7.01. The van der Waals surface area contributed by atoms with Gasteiger partial charge in [0.2, 0.25) is 0 Å². The van der Waals surface area contributed by atoms with Crippen LogP contribution in [0.1, 0.15) is 22.9 Å². The van der Waals surface area contributed by atoms with Gasteiger partial charge in [0.05, 0.1) is 6.10 Å². The summed E-state index contributed by atoms with van der Waals surface area (Å²) in [5.74, 6) is 0.529. The van der Waals surface area contributed by atoms with Crippen molar-refractivity contribution in [3.8, 4) is 6.07 Å². The van der Waals surface area contributed by atoms with E-state index in [4.69, 9.17) is 28.5 Å². The second-order valence-electron chi connectivity index (χ2n) is 4.54. The molecule has 2 rings (SSSR count). The maximum atomic E-state index is 10.2. The van der Waals surface area contributed by atoms with Gasteiger partial charge in [0.15, 0.2) is 0 Å². The first-order valence-electron chi connectivity index (χ1n) is 6.26. The number of anilines is 1. The molecule has 0 aliphatic heterocycles. The Kier molecular flexibility index (Phi) is 5.03. The zero-order valence-corrected chi connectivity index (χ0v) is 12.8. The summed E-state index contributed by atoms with van der Waals surface area (Å²) in [6.07, 6.45) is -0.802. The molecule has 0 bridgehead atoms. The Bertz CT molecular complexity index is 698. The van der Waals surface area contributed by atoms with Gasteiger partial charge < -0.3 is 10.4 Å². The van der Waals surface area contributed by atoms with E-state index >= 15 is 0 Å². The summed E-state index contributed by atoms with van der Waals surface area (Å²) >= 11 is 11.9. The number of nitriles is 1. The molecule has 0 spiro atoms. The van der Waals surface area contributed by atoms with Crippen molar-refractivity contribution in [2.24, 2.45) is 0 Å². The molecule has 0 aliphatic carbocycles. The van der Waals surface area contributed by atoms with Gasteiger partial charge in [-0.05, 0) is 30.7 Å². The van der Waals surface area contributed by atoms with Crippen LogP contribution in [0, 0.1) is 18.3 Å². The number of aryl methyl sites for hydroxylation is 1. The molecule has 4 nitrogen and oxygen atoms in total. The van der Waals surface area contributed by atoms with Crippen molar-refractivity contribution in [3.63, 3.8) is 0 Å². The van der Waals surface area contributed by atoms with Crippen molar-refractivity contribution in [1.29, 1.82) is 5.26 Å². The number of nitrogens with one attached hydrogen (secondary N) is 1. The minimum atomic E-state index is -0.802. The van der Waals surface area contributed by atoms with Crippen LogP contribution < -0.4 is 5.32 Å². The van der Waals surface area contributed by atoms with Gasteiger partial charge in [-0.3, -0.25) is 0 Å². The number of rotatable bonds is 4. The monoisotopic (exact) mass is 321 g/mol. The van der Waals surface area contributed by atoms with Crippen LogP contribution in [0.3, 0.4) is 0 Å². The van der Waals surface area contributed by atoms with E-state index in [1.165, 1.54) is 0 Å². The molecule has 2 N–H and O–H groups in total. The van der Waals surface area contributed by atoms with Crippen molar-refractivity contribution in [2.45, 2.75) is 13.0 Å². The smallest absolute Gasteiger partial charge is 0.145 e. The van der Waals surface area contributed by atoms with E-state index in [0.29, 0.717) is 27.1 Å². The van der Waals surface area contributed by atoms with Gasteiger partial charge in [0.1, 0.15) is 17.6 Å². The second-order valence-corrected chi connectivity index (χ2v) is 5.38. The van der Waals surface area contributed by atoms with Crippen molar-refractivity contribution >= 4 is 29.0 Å². The molecule has 21 heavy (non-hydrogen) atoms. The fourth-order valence-electron chi connectivity index (χ4n) is 1.82. The average Bonchev–Trinajstić information content (AvgIpc) is 2.46. The lowest BCUT2D eigenvalue weighted by molar-refractivity contribution is 0.191. The standard InChI is InChI=1S/C15H13Cl2N3O/c1-9-2-5-15(20-13(9)7-18)19-8-14(21)11-4-3-10(16)6-12(11)17/h2-6,14,21H,8H2,1H3,(H,19,20). The number of hydrogen-bond donors (Lipinski definition) is 2. The Morgan fingerprint density at radius 2 is 2.10 bits per heavy atom. The van der Waals surface area contributed by atoms with Gasteiger partial charge in [-0.2, -0.15) is 5.26 Å². The first kappa shape index (κ1) is 15.6. The quantitative estimate of drug-likeness (QED) is 0.900. The van der Waals surface area contributed by atoms with Gasteiger partial charge in [-0.15, -0.1) is 0 Å². The molecule has 6 heteroatoms. The summed E-state index contributed by atoms with van der Waals surface area (Å²) in [5.41, 5.74) is 1.75. The van der Waals surface area contributed by atoms with Crippen molar-refractivity contribution in [3.05, 3.63) is 57.2 Å². The summed E-state index contributed by atoms with van der Waals surface area (Å²) in [6, 6.07) is 10.5. The molecule has 0 saturated carbocycles. The largest absolute Gasteiger partial charge is 0.387 e. The third-order valence-electron chi connectivity index (χ3n) is 3.00. The molecular formula is C15H13Cl2N3O. The van der Waals surface area contributed by atoms with E-state index in [1.807, 2.05) is 13.0 Å². The predicted octanol–water partition coefficient (Wildman–Crippen LogP) is 3.71. The minimum Gasteiger partial charge on any atom is -0.387 e. The van der Waals surface area contributed by atoms with Crippen LogP contribution in [0.15, 0.2) is 30.3 Å². The highest BCUT2D eigenvalue weighted by molar-refractivity contribution is 6.35. The molecule has 1 aromatic heterocycles. The number of hydrogen-bond acceptors (Lipinski definition) is 4. The Morgan fingerprint density at radius 3 is 2.76 bits per heavy atom. The fourth-order valence-corrected chi connectivity index (χ4v) is 2.36. The van der Waals surface area contributed by atoms with E-state index in [0.717, 1.165) is 5.56 Å². The molecule has 1 unspecified atom stereocenters. The number of aliphatic hydroxyl groups excluding tert-OH is 1. The zero-order chi connectivity index (χ0) is 15.4. The number of aliphatic hydroxyl groups is 1. The van der Waals surface area contributed by atoms with Gasteiger partial charge in [0.25, 0.3) is 0 Å². The summed E-state index contributed by atoms with van der Waals surface area (Å²) in [5, 5.41) is 23.0. The van der Waals surface area contributed by atoms with Crippen LogP contribution in [-0.4, -0.2) is 16.6 Å². The van der Waals surface area contributed by atoms with E-state index in [2.05, 4.69) is 10.3 Å². The van der Waals surface area contributed by atoms with E-state index in [9.17, 15) is 5.11 Å². The van der Waals surface area contributed by atoms with Crippen LogP contribution in [-0.2, 0) is 0 Å². The molecule has 1 heterocycles. The lowest BCUT2D eigenvalue weighted by Gasteiger charge is -2.14. The summed E-state index contributed by atoms with van der Waals surface area (Å²) in [7, 11) is 0. The van der Waals surface area contributed by atoms with Gasteiger partial charge in [-0.25, -0.2) is 4.98 Å². The van der Waals surface area contributed by atoms with Crippen molar-refractivity contribution in [1.82, 2.24) is 4.98 Å². The molecule has 0 amide bonds. The Hall–Kier alpha value is -1.80. The van der Waals surface area contributed by atoms with Gasteiger partial charge in [-0.1, -0.05) is 35.3 Å². The summed E-state index contributed by atoms with van der Waals surface area (Å²) < 4.78 is 0. The minimum absolute atomic E-state index is 0.224. The number of benzene rings is 1. The molecule has 0 saturated heterocycles. The molecule has 0 aliphatic rings. The van der Waals surface area contributed by atoms with Crippen LogP contribution in [0.25, 0.3) is 0 Å². The van der Waals surface area contributed by atoms with Crippen molar-refractivity contribution in [2.75, 3.05) is 11.9 Å². The fraction of sp³-hybridized carbons (Fsp3) is 0.200. The molecule has 0 fully saturated rings. The number of nitrogens with zero attached hydrogens (tertiary/aromatic N) is 2. The first-order chi connectivity index (χ1) is 10.0. The molecule has 1 aromatic carbocycles. The maximum absolute atomic E-state index is 10.2. The Balaban J connectivity index is 2.07. The summed E-state index contributed by atoms with van der Waals surface area (Å²) in [4.78, 5) is 4.16. The average molecular weight is 322 g/mol. The van der Waals surface area contributed by atoms with Gasteiger partial charge in [0, 0.05) is 22.2 Å². The van der Waals surface area contributed by atoms with Crippen LogP contribution >= 0.6 is 23.2 Å². The molecular weight excluding hydrogens is 309 g/mol. The SMILES string of the molecule is Cc1ccc(NCC(O)c2ccc(Cl)cc2Cl)nc1C#N. The maximum Gasteiger partial charge on any atom is 0.145 e. The van der Waals surface area contributed by atoms with Crippen LogP contribution in [0.5, 0.6) is 0 Å². The topological polar surface area (TPSA) is 68.9 Å². The Morgan fingerprint density at radius 1 is 1.33 bits per heavy atom. The molecule has 108 valence electrons. The third-order valence-corrected chi connectivity index (χ3v) is 3.56. The highest BCUT2D eigenvalue weighted by atomic mass is 35.5. The molecule has 1 atom stereocenters. The zero-order valence-electron chi connectivity index (χ0n) is 11.3. The van der Waals surface area contributed by atoms with Crippen LogP contribution in [0.4, 0.5) is 5.82 Å². The summed E-state index contributed by atoms with van der Waals surface area (Å²) in [6.45, 7) is 2.04. The Labute approximate surface area is 133 Å². The third kappa shape index (κ3) is 3.85. The molecule has 2 aromatic rings. The predicted molar refractivity (Wildman–Crippen MR) is 83.6 cm³/mol. The second kappa shape index (κ2) is 6.77. The lowest BCUT2D eigenvalue weighted by Crippen LogP contribution is -2.13.